The number of anilines is 1. The van der Waals surface area contributed by atoms with E-state index in [4.69, 9.17) is 25.3 Å². The topological polar surface area (TPSA) is 102 Å². The van der Waals surface area contributed by atoms with E-state index in [1.54, 1.807) is 12.1 Å². The van der Waals surface area contributed by atoms with Crippen LogP contribution >= 0.6 is 0 Å². The van der Waals surface area contributed by atoms with Gasteiger partial charge in [-0.15, -0.1) is 0 Å². The summed E-state index contributed by atoms with van der Waals surface area (Å²) >= 11 is 0. The fraction of sp³-hybridized carbons (Fsp3) is 0.421. The Hall–Kier alpha value is -2.85. The molecule has 25 heavy (non-hydrogen) atoms. The lowest BCUT2D eigenvalue weighted by Crippen LogP contribution is -2.34. The third-order valence-corrected chi connectivity index (χ3v) is 4.80. The van der Waals surface area contributed by atoms with Crippen LogP contribution in [0.5, 0.6) is 0 Å². The molecule has 0 aromatic heterocycles. The second-order valence-electron chi connectivity index (χ2n) is 6.21. The van der Waals surface area contributed by atoms with Crippen LogP contribution in [0.15, 0.2) is 35.5 Å². The number of ether oxygens (including phenoxy) is 2. The first kappa shape index (κ1) is 17.0. The Balaban J connectivity index is 1.65. The van der Waals surface area contributed by atoms with Crippen molar-refractivity contribution in [3.8, 4) is 18.2 Å². The number of nitriles is 3. The van der Waals surface area contributed by atoms with Gasteiger partial charge in [0.15, 0.2) is 11.4 Å². The van der Waals surface area contributed by atoms with Gasteiger partial charge < -0.3 is 14.8 Å². The van der Waals surface area contributed by atoms with Crippen molar-refractivity contribution in [1.82, 2.24) is 0 Å². The molecule has 6 heteroatoms. The van der Waals surface area contributed by atoms with Crippen molar-refractivity contribution in [3.63, 3.8) is 0 Å². The van der Waals surface area contributed by atoms with Crippen molar-refractivity contribution in [2.45, 2.75) is 37.4 Å². The van der Waals surface area contributed by atoms with Gasteiger partial charge in [0.2, 0.25) is 0 Å². The molecular formula is C19H18N4O2. The molecule has 126 valence electrons. The summed E-state index contributed by atoms with van der Waals surface area (Å²) in [4.78, 5) is 0. The maximum Gasteiger partial charge on any atom is 0.168 e. The largest absolute Gasteiger partial charge is 0.348 e. The molecule has 0 amide bonds. The molecule has 6 nitrogen and oxygen atoms in total. The van der Waals surface area contributed by atoms with Crippen molar-refractivity contribution >= 4 is 5.69 Å². The molecular weight excluding hydrogens is 316 g/mol. The summed E-state index contributed by atoms with van der Waals surface area (Å²) in [6, 6.07) is 13.1. The second kappa shape index (κ2) is 7.36. The smallest absolute Gasteiger partial charge is 0.168 e. The van der Waals surface area contributed by atoms with Crippen LogP contribution in [0.3, 0.4) is 0 Å². The van der Waals surface area contributed by atoms with Crippen LogP contribution in [0.25, 0.3) is 0 Å². The lowest BCUT2D eigenvalue weighted by molar-refractivity contribution is -0.178. The number of benzene rings is 1. The van der Waals surface area contributed by atoms with Crippen molar-refractivity contribution < 1.29 is 9.47 Å². The molecule has 1 aliphatic heterocycles. The van der Waals surface area contributed by atoms with E-state index in [0.717, 1.165) is 25.7 Å². The summed E-state index contributed by atoms with van der Waals surface area (Å²) in [6.07, 6.45) is 3.85. The van der Waals surface area contributed by atoms with Gasteiger partial charge in [-0.3, -0.25) is 0 Å². The van der Waals surface area contributed by atoms with Crippen molar-refractivity contribution in [1.29, 1.82) is 15.8 Å². The van der Waals surface area contributed by atoms with E-state index in [-0.39, 0.29) is 17.1 Å². The molecule has 0 radical (unpaired) electrons. The van der Waals surface area contributed by atoms with Gasteiger partial charge in [-0.25, -0.2) is 0 Å². The molecule has 1 aromatic carbocycles. The van der Waals surface area contributed by atoms with Crippen LogP contribution in [-0.4, -0.2) is 19.0 Å². The summed E-state index contributed by atoms with van der Waals surface area (Å²) in [5.41, 5.74) is 1.66. The predicted octanol–water partition coefficient (Wildman–Crippen LogP) is 3.32. The van der Waals surface area contributed by atoms with E-state index >= 15 is 0 Å². The van der Waals surface area contributed by atoms with Crippen LogP contribution in [0, 0.1) is 34.0 Å². The van der Waals surface area contributed by atoms with Crippen LogP contribution < -0.4 is 5.32 Å². The first-order chi connectivity index (χ1) is 12.2. The third kappa shape index (κ3) is 3.64. The average molecular weight is 334 g/mol. The highest BCUT2D eigenvalue weighted by atomic mass is 16.7. The standard InChI is InChI=1S/C19H18N4O2/c20-11-16(12-21)18(13-22)23-17-3-1-14(2-4-17)15-5-7-19(8-6-15)24-9-10-25-19/h1-4,15,23H,5-10H2. The molecule has 1 saturated heterocycles. The van der Waals surface area contributed by atoms with Gasteiger partial charge in [0.05, 0.1) is 13.2 Å². The molecule has 1 spiro atoms. The van der Waals surface area contributed by atoms with Gasteiger partial charge in [0.25, 0.3) is 0 Å². The summed E-state index contributed by atoms with van der Waals surface area (Å²) in [7, 11) is 0. The Bertz CT molecular complexity index is 761. The zero-order chi connectivity index (χ0) is 17.7. The molecule has 2 fully saturated rings. The van der Waals surface area contributed by atoms with Gasteiger partial charge in [0, 0.05) is 18.5 Å². The molecule has 1 aromatic rings. The number of nitrogens with zero attached hydrogens (tertiary/aromatic N) is 3. The maximum absolute atomic E-state index is 9.08. The average Bonchev–Trinajstić information content (AvgIpc) is 3.11. The zero-order valence-corrected chi connectivity index (χ0v) is 13.8. The maximum atomic E-state index is 9.08. The normalized spacial score (nSPS) is 18.8. The molecule has 3 rings (SSSR count). The van der Waals surface area contributed by atoms with Gasteiger partial charge in [-0.05, 0) is 36.5 Å². The highest BCUT2D eigenvalue weighted by Gasteiger charge is 2.40. The molecule has 1 heterocycles. The quantitative estimate of drug-likeness (QED) is 0.851. The molecule has 0 unspecified atom stereocenters. The summed E-state index contributed by atoms with van der Waals surface area (Å²) in [6.45, 7) is 1.38. The fourth-order valence-corrected chi connectivity index (χ4v) is 3.44. The van der Waals surface area contributed by atoms with E-state index in [2.05, 4.69) is 5.32 Å². The number of hydrogen-bond acceptors (Lipinski definition) is 6. The molecule has 1 N–H and O–H groups in total. The summed E-state index contributed by atoms with van der Waals surface area (Å²) in [5, 5.41) is 29.6. The van der Waals surface area contributed by atoms with E-state index < -0.39 is 0 Å². The van der Waals surface area contributed by atoms with Crippen molar-refractivity contribution in [2.24, 2.45) is 0 Å². The van der Waals surface area contributed by atoms with Crippen molar-refractivity contribution in [3.05, 3.63) is 41.1 Å². The minimum Gasteiger partial charge on any atom is -0.348 e. The summed E-state index contributed by atoms with van der Waals surface area (Å²) in [5.74, 6) is 0.113. The third-order valence-electron chi connectivity index (χ3n) is 4.80. The Morgan fingerprint density at radius 3 is 2.08 bits per heavy atom. The van der Waals surface area contributed by atoms with Crippen molar-refractivity contribution in [2.75, 3.05) is 18.5 Å². The highest BCUT2D eigenvalue weighted by molar-refractivity contribution is 5.58. The van der Waals surface area contributed by atoms with E-state index in [0.29, 0.717) is 24.8 Å². The lowest BCUT2D eigenvalue weighted by Gasteiger charge is -2.35. The Labute approximate surface area is 146 Å². The first-order valence-corrected chi connectivity index (χ1v) is 8.29. The number of rotatable bonds is 3. The first-order valence-electron chi connectivity index (χ1n) is 8.29. The van der Waals surface area contributed by atoms with Gasteiger partial charge in [-0.2, -0.15) is 15.8 Å². The number of hydrogen-bond donors (Lipinski definition) is 1. The second-order valence-corrected chi connectivity index (χ2v) is 6.21. The predicted molar refractivity (Wildman–Crippen MR) is 89.8 cm³/mol. The van der Waals surface area contributed by atoms with Gasteiger partial charge in [-0.1, -0.05) is 12.1 Å². The van der Waals surface area contributed by atoms with Gasteiger partial charge in [0.1, 0.15) is 23.9 Å². The number of allylic oxidation sites excluding steroid dienone is 2. The van der Waals surface area contributed by atoms with Crippen LogP contribution in [-0.2, 0) is 9.47 Å². The van der Waals surface area contributed by atoms with E-state index in [9.17, 15) is 0 Å². The monoisotopic (exact) mass is 334 g/mol. The highest BCUT2D eigenvalue weighted by Crippen LogP contribution is 2.42. The molecule has 1 saturated carbocycles. The molecule has 0 atom stereocenters. The Kier molecular flexibility index (Phi) is 5.00. The van der Waals surface area contributed by atoms with E-state index in [1.165, 1.54) is 5.56 Å². The molecule has 1 aliphatic carbocycles. The Morgan fingerprint density at radius 2 is 1.56 bits per heavy atom. The van der Waals surface area contributed by atoms with Gasteiger partial charge >= 0.3 is 0 Å². The van der Waals surface area contributed by atoms with Crippen LogP contribution in [0.4, 0.5) is 5.69 Å². The molecule has 0 bridgehead atoms. The Morgan fingerprint density at radius 1 is 0.960 bits per heavy atom. The zero-order valence-electron chi connectivity index (χ0n) is 13.8. The lowest BCUT2D eigenvalue weighted by atomic mass is 9.81. The molecule has 2 aliphatic rings. The fourth-order valence-electron chi connectivity index (χ4n) is 3.44. The minimum atomic E-state index is -0.352. The minimum absolute atomic E-state index is 0.0344. The van der Waals surface area contributed by atoms with Crippen LogP contribution in [0.2, 0.25) is 0 Å². The van der Waals surface area contributed by atoms with E-state index in [1.807, 2.05) is 30.3 Å². The summed E-state index contributed by atoms with van der Waals surface area (Å²) < 4.78 is 11.5. The SMILES string of the molecule is N#CC(C#N)=C(C#N)Nc1ccc(C2CCC3(CC2)OCCO3)cc1. The number of nitrogens with one attached hydrogen (secondary N) is 1. The van der Waals surface area contributed by atoms with Crippen LogP contribution in [0.1, 0.15) is 37.2 Å².